The van der Waals surface area contributed by atoms with Crippen molar-refractivity contribution in [1.29, 1.82) is 0 Å². The molecule has 3 amide bonds. The first-order valence-electron chi connectivity index (χ1n) is 11.3. The van der Waals surface area contributed by atoms with Gasteiger partial charge >= 0.3 is 6.03 Å². The van der Waals surface area contributed by atoms with Crippen LogP contribution in [0.2, 0.25) is 5.02 Å². The Morgan fingerprint density at radius 2 is 2.06 bits per heavy atom. The molecule has 0 aliphatic carbocycles. The molecule has 3 aromatic rings. The number of aromatic amines is 1. The zero-order chi connectivity index (χ0) is 24.4. The summed E-state index contributed by atoms with van der Waals surface area (Å²) < 4.78 is 14.2. The van der Waals surface area contributed by atoms with Crippen molar-refractivity contribution in [1.82, 2.24) is 19.7 Å². The minimum atomic E-state index is -1.14. The standard InChI is InChI=1S/C25H26ClFN4O3/c1-4-29(3)8-9-30-23(33)25(2)13-17-16-11-18(26)19(27)12-20(16)28-21(17)22(31(25)24(30)34)14-6-5-7-15(32)10-14/h5-7,10-12,22,28,32H,4,8-9,13H2,1-3H3. The molecule has 34 heavy (non-hydrogen) atoms. The molecule has 2 aromatic carbocycles. The highest BCUT2D eigenvalue weighted by molar-refractivity contribution is 6.31. The van der Waals surface area contributed by atoms with Crippen LogP contribution in [0.4, 0.5) is 9.18 Å². The van der Waals surface area contributed by atoms with E-state index in [1.165, 1.54) is 11.0 Å². The van der Waals surface area contributed by atoms with Gasteiger partial charge < -0.3 is 15.0 Å². The molecule has 1 saturated heterocycles. The highest BCUT2D eigenvalue weighted by Crippen LogP contribution is 2.49. The predicted molar refractivity (Wildman–Crippen MR) is 127 cm³/mol. The Hall–Kier alpha value is -3.10. The molecule has 2 N–H and O–H groups in total. The number of aromatic hydroxyl groups is 1. The van der Waals surface area contributed by atoms with Crippen molar-refractivity contribution in [3.05, 3.63) is 64.1 Å². The Bertz CT molecular complexity index is 1320. The Kier molecular flexibility index (Phi) is 5.33. The number of amides is 3. The minimum absolute atomic E-state index is 0.00570. The fourth-order valence-electron chi connectivity index (χ4n) is 5.18. The number of nitrogens with one attached hydrogen (secondary N) is 1. The number of carbonyl (C=O) groups excluding carboxylic acids is 2. The van der Waals surface area contributed by atoms with E-state index in [9.17, 15) is 19.1 Å². The second-order valence-electron chi connectivity index (χ2n) is 9.28. The van der Waals surface area contributed by atoms with Crippen LogP contribution < -0.4 is 0 Å². The number of halogens is 2. The number of nitrogens with zero attached hydrogens (tertiary/aromatic N) is 3. The molecule has 2 atom stereocenters. The summed E-state index contributed by atoms with van der Waals surface area (Å²) in [7, 11) is 1.94. The van der Waals surface area contributed by atoms with Gasteiger partial charge in [0.2, 0.25) is 0 Å². The van der Waals surface area contributed by atoms with E-state index in [-0.39, 0.29) is 35.7 Å². The van der Waals surface area contributed by atoms with Gasteiger partial charge in [-0.3, -0.25) is 14.6 Å². The van der Waals surface area contributed by atoms with Gasteiger partial charge in [-0.1, -0.05) is 30.7 Å². The van der Waals surface area contributed by atoms with Crippen LogP contribution in [0.1, 0.15) is 36.7 Å². The van der Waals surface area contributed by atoms with Crippen LogP contribution in [0.25, 0.3) is 10.9 Å². The molecule has 2 unspecified atom stereocenters. The minimum Gasteiger partial charge on any atom is -0.508 e. The lowest BCUT2D eigenvalue weighted by Gasteiger charge is -2.42. The second-order valence-corrected chi connectivity index (χ2v) is 9.69. The lowest BCUT2D eigenvalue weighted by atomic mass is 9.81. The van der Waals surface area contributed by atoms with Gasteiger partial charge in [-0.2, -0.15) is 0 Å². The van der Waals surface area contributed by atoms with Crippen LogP contribution in [0.15, 0.2) is 36.4 Å². The van der Waals surface area contributed by atoms with E-state index in [4.69, 9.17) is 11.6 Å². The molecule has 1 aromatic heterocycles. The van der Waals surface area contributed by atoms with Crippen LogP contribution in [0.5, 0.6) is 5.75 Å². The first kappa shape index (κ1) is 22.7. The van der Waals surface area contributed by atoms with Crippen molar-refractivity contribution < 1.29 is 19.1 Å². The largest absolute Gasteiger partial charge is 0.508 e. The number of urea groups is 1. The topological polar surface area (TPSA) is 79.9 Å². The van der Waals surface area contributed by atoms with E-state index in [2.05, 4.69) is 4.98 Å². The number of hydrogen-bond acceptors (Lipinski definition) is 4. The summed E-state index contributed by atoms with van der Waals surface area (Å²) in [5.41, 5.74) is 1.56. The van der Waals surface area contributed by atoms with Gasteiger partial charge in [0.25, 0.3) is 5.91 Å². The number of aromatic nitrogens is 1. The molecule has 2 aliphatic rings. The Balaban J connectivity index is 1.69. The quantitative estimate of drug-likeness (QED) is 0.529. The van der Waals surface area contributed by atoms with Gasteiger partial charge in [-0.15, -0.1) is 0 Å². The number of carbonyl (C=O) groups is 2. The van der Waals surface area contributed by atoms with Crippen molar-refractivity contribution in [3.8, 4) is 5.75 Å². The van der Waals surface area contributed by atoms with E-state index in [1.807, 2.05) is 24.9 Å². The second kappa shape index (κ2) is 7.99. The fraction of sp³-hybridized carbons (Fsp3) is 0.360. The zero-order valence-corrected chi connectivity index (χ0v) is 20.0. The van der Waals surface area contributed by atoms with Crippen molar-refractivity contribution in [3.63, 3.8) is 0 Å². The number of phenolic OH excluding ortho intramolecular Hbond substituents is 1. The number of hydrogen-bond donors (Lipinski definition) is 2. The normalized spacial score (nSPS) is 22.1. The maximum Gasteiger partial charge on any atom is 0.328 e. The van der Waals surface area contributed by atoms with E-state index < -0.39 is 17.4 Å². The molecule has 1 fully saturated rings. The van der Waals surface area contributed by atoms with Gasteiger partial charge in [0.15, 0.2) is 0 Å². The van der Waals surface area contributed by atoms with Gasteiger partial charge in [0, 0.05) is 36.1 Å². The average Bonchev–Trinajstić information content (AvgIpc) is 3.22. The van der Waals surface area contributed by atoms with Crippen molar-refractivity contribution >= 4 is 34.4 Å². The van der Waals surface area contributed by atoms with Crippen LogP contribution in [0, 0.1) is 5.82 Å². The summed E-state index contributed by atoms with van der Waals surface area (Å²) in [5, 5.41) is 10.9. The lowest BCUT2D eigenvalue weighted by Crippen LogP contribution is -2.53. The maximum absolute atomic E-state index is 14.2. The molecule has 0 saturated carbocycles. The Morgan fingerprint density at radius 3 is 2.76 bits per heavy atom. The molecule has 0 bridgehead atoms. The van der Waals surface area contributed by atoms with Gasteiger partial charge in [-0.05, 0) is 55.9 Å². The lowest BCUT2D eigenvalue weighted by molar-refractivity contribution is -0.133. The first-order valence-corrected chi connectivity index (χ1v) is 11.7. The van der Waals surface area contributed by atoms with E-state index in [1.54, 1.807) is 36.1 Å². The third-order valence-corrected chi connectivity index (χ3v) is 7.43. The Morgan fingerprint density at radius 1 is 1.29 bits per heavy atom. The third kappa shape index (κ3) is 3.27. The van der Waals surface area contributed by atoms with Gasteiger partial charge in [0.1, 0.15) is 23.1 Å². The number of rotatable bonds is 5. The highest BCUT2D eigenvalue weighted by Gasteiger charge is 2.60. The van der Waals surface area contributed by atoms with Gasteiger partial charge in [-0.25, -0.2) is 9.18 Å². The molecule has 7 nitrogen and oxygen atoms in total. The predicted octanol–water partition coefficient (Wildman–Crippen LogP) is 4.29. The summed E-state index contributed by atoms with van der Waals surface area (Å²) in [5.74, 6) is -0.761. The Labute approximate surface area is 201 Å². The molecule has 3 heterocycles. The van der Waals surface area contributed by atoms with E-state index in [0.717, 1.165) is 17.5 Å². The molecule has 0 spiro atoms. The number of phenols is 1. The van der Waals surface area contributed by atoms with Crippen LogP contribution in [-0.4, -0.2) is 68.9 Å². The van der Waals surface area contributed by atoms with Gasteiger partial charge in [0.05, 0.1) is 5.02 Å². The third-order valence-electron chi connectivity index (χ3n) is 7.14. The number of benzene rings is 2. The summed E-state index contributed by atoms with van der Waals surface area (Å²) in [6.45, 7) is 5.45. The number of fused-ring (bicyclic) bond motifs is 4. The smallest absolute Gasteiger partial charge is 0.328 e. The van der Waals surface area contributed by atoms with Crippen LogP contribution >= 0.6 is 11.6 Å². The summed E-state index contributed by atoms with van der Waals surface area (Å²) >= 11 is 6.10. The summed E-state index contributed by atoms with van der Waals surface area (Å²) in [6, 6.07) is 8.51. The number of imide groups is 1. The molecule has 0 radical (unpaired) electrons. The maximum atomic E-state index is 14.2. The zero-order valence-electron chi connectivity index (χ0n) is 19.2. The number of likely N-dealkylation sites (N-methyl/N-ethyl adjacent to an activating group) is 1. The van der Waals surface area contributed by atoms with Crippen molar-refractivity contribution in [2.75, 3.05) is 26.7 Å². The SMILES string of the molecule is CCN(C)CCN1C(=O)N2C(c3cccc(O)c3)c3[nH]c4cc(F)c(Cl)cc4c3CC2(C)C1=O. The molecule has 2 aliphatic heterocycles. The molecule has 9 heteroatoms. The van der Waals surface area contributed by atoms with Crippen LogP contribution in [0.3, 0.4) is 0 Å². The van der Waals surface area contributed by atoms with Crippen molar-refractivity contribution in [2.24, 2.45) is 0 Å². The molecule has 5 rings (SSSR count). The fourth-order valence-corrected chi connectivity index (χ4v) is 5.34. The molecule has 178 valence electrons. The number of H-pyrrole nitrogens is 1. The highest BCUT2D eigenvalue weighted by atomic mass is 35.5. The van der Waals surface area contributed by atoms with E-state index >= 15 is 0 Å². The average molecular weight is 485 g/mol. The van der Waals surface area contributed by atoms with E-state index in [0.29, 0.717) is 23.3 Å². The first-order chi connectivity index (χ1) is 16.2. The monoisotopic (exact) mass is 484 g/mol. The molecular weight excluding hydrogens is 459 g/mol. The molecular formula is C25H26ClFN4O3. The van der Waals surface area contributed by atoms with Crippen LogP contribution in [-0.2, 0) is 11.2 Å². The summed E-state index contributed by atoms with van der Waals surface area (Å²) in [6.07, 6.45) is 0.268. The summed E-state index contributed by atoms with van der Waals surface area (Å²) in [4.78, 5) is 35.7. The van der Waals surface area contributed by atoms with Crippen molar-refractivity contribution in [2.45, 2.75) is 31.8 Å².